The van der Waals surface area contributed by atoms with Crippen LogP contribution in [-0.4, -0.2) is 29.6 Å². The summed E-state index contributed by atoms with van der Waals surface area (Å²) in [6.07, 6.45) is 3.28. The van der Waals surface area contributed by atoms with Gasteiger partial charge in [-0.1, -0.05) is 35.9 Å². The number of ketones is 1. The highest BCUT2D eigenvalue weighted by Crippen LogP contribution is 2.23. The van der Waals surface area contributed by atoms with Gasteiger partial charge in [0.15, 0.2) is 5.78 Å². The lowest BCUT2D eigenvalue weighted by molar-refractivity contribution is -0.122. The van der Waals surface area contributed by atoms with Gasteiger partial charge in [-0.3, -0.25) is 9.59 Å². The maximum Gasteiger partial charge on any atom is 0.316 e. The highest BCUT2D eigenvalue weighted by molar-refractivity contribution is 6.53. The summed E-state index contributed by atoms with van der Waals surface area (Å²) >= 11 is 0. The van der Waals surface area contributed by atoms with Gasteiger partial charge >= 0.3 is 6.92 Å². The number of nitrogens with one attached hydrogen (secondary N) is 1. The number of hydrogen-bond acceptors (Lipinski definition) is 4. The number of amides is 1. The maximum atomic E-state index is 12.2. The van der Waals surface area contributed by atoms with Crippen LogP contribution >= 0.6 is 0 Å². The lowest BCUT2D eigenvalue weighted by Gasteiger charge is -2.28. The quantitative estimate of drug-likeness (QED) is 0.571. The summed E-state index contributed by atoms with van der Waals surface area (Å²) in [4.78, 5) is 23.3. The molecule has 1 fully saturated rings. The molecule has 1 saturated heterocycles. The Kier molecular flexibility index (Phi) is 5.52. The van der Waals surface area contributed by atoms with E-state index in [1.54, 1.807) is 18.2 Å². The standard InChI is InChI=1S/C16H21BN2O3/c1-11(20)9-12-7-8-14(17(22)10-12)19-16(21)15(18)13-5-3-2-4-6-13/h2-6,9,14-15,22H,7-8,10,18H2,1H3,(H,19,21)/b12-9-. The minimum absolute atomic E-state index is 0.0178. The number of carbonyl (C=O) groups excluding carboxylic acids is 2. The average Bonchev–Trinajstić information content (AvgIpc) is 2.49. The van der Waals surface area contributed by atoms with E-state index in [1.165, 1.54) is 6.92 Å². The van der Waals surface area contributed by atoms with Gasteiger partial charge in [0.05, 0.1) is 0 Å². The first kappa shape index (κ1) is 16.5. The molecule has 5 nitrogen and oxygen atoms in total. The molecule has 6 heteroatoms. The number of carbonyl (C=O) groups is 2. The van der Waals surface area contributed by atoms with Gasteiger partial charge in [0.1, 0.15) is 6.04 Å². The zero-order chi connectivity index (χ0) is 16.1. The molecule has 0 saturated carbocycles. The third-order valence-corrected chi connectivity index (χ3v) is 3.89. The Morgan fingerprint density at radius 1 is 1.41 bits per heavy atom. The lowest BCUT2D eigenvalue weighted by atomic mass is 9.51. The first-order valence-corrected chi connectivity index (χ1v) is 7.46. The van der Waals surface area contributed by atoms with Crippen molar-refractivity contribution in [2.75, 3.05) is 0 Å². The van der Waals surface area contributed by atoms with E-state index < -0.39 is 13.0 Å². The Bertz CT molecular complexity index is 574. The van der Waals surface area contributed by atoms with Gasteiger partial charge in [0, 0.05) is 5.94 Å². The van der Waals surface area contributed by atoms with Crippen LogP contribution in [0.4, 0.5) is 0 Å². The molecule has 1 aromatic carbocycles. The molecule has 1 aliphatic rings. The number of benzene rings is 1. The van der Waals surface area contributed by atoms with Crippen LogP contribution in [0, 0.1) is 0 Å². The number of hydrogen-bond donors (Lipinski definition) is 3. The van der Waals surface area contributed by atoms with Crippen molar-refractivity contribution in [1.82, 2.24) is 5.32 Å². The van der Waals surface area contributed by atoms with E-state index >= 15 is 0 Å². The molecule has 0 spiro atoms. The molecule has 2 atom stereocenters. The van der Waals surface area contributed by atoms with Crippen LogP contribution in [0.15, 0.2) is 42.0 Å². The lowest BCUT2D eigenvalue weighted by Crippen LogP contribution is -2.50. The van der Waals surface area contributed by atoms with Gasteiger partial charge in [-0.25, -0.2) is 0 Å². The molecular weight excluding hydrogens is 279 g/mol. The fraction of sp³-hybridized carbons (Fsp3) is 0.375. The summed E-state index contributed by atoms with van der Waals surface area (Å²) in [5, 5.41) is 13.0. The second-order valence-corrected chi connectivity index (χ2v) is 5.73. The smallest absolute Gasteiger partial charge is 0.316 e. The monoisotopic (exact) mass is 300 g/mol. The molecule has 22 heavy (non-hydrogen) atoms. The summed E-state index contributed by atoms with van der Waals surface area (Å²) in [6.45, 7) is 0.804. The van der Waals surface area contributed by atoms with E-state index in [4.69, 9.17) is 5.73 Å². The minimum atomic E-state index is -0.748. The van der Waals surface area contributed by atoms with Gasteiger partial charge in [-0.15, -0.1) is 0 Å². The Morgan fingerprint density at radius 2 is 2.09 bits per heavy atom. The fourth-order valence-electron chi connectivity index (χ4n) is 2.72. The molecule has 2 unspecified atom stereocenters. The Hall–Kier alpha value is -1.92. The van der Waals surface area contributed by atoms with Crippen molar-refractivity contribution < 1.29 is 14.6 Å². The van der Waals surface area contributed by atoms with Crippen LogP contribution in [-0.2, 0) is 9.59 Å². The van der Waals surface area contributed by atoms with Crippen molar-refractivity contribution >= 4 is 18.6 Å². The minimum Gasteiger partial charge on any atom is -0.448 e. The van der Waals surface area contributed by atoms with Crippen LogP contribution in [0.1, 0.15) is 31.4 Å². The summed E-state index contributed by atoms with van der Waals surface area (Å²) in [5.74, 6) is -0.642. The Labute approximate surface area is 130 Å². The van der Waals surface area contributed by atoms with Crippen molar-refractivity contribution in [2.24, 2.45) is 5.73 Å². The molecule has 1 amide bonds. The summed E-state index contributed by atoms with van der Waals surface area (Å²) < 4.78 is 0. The van der Waals surface area contributed by atoms with E-state index in [0.717, 1.165) is 11.1 Å². The van der Waals surface area contributed by atoms with Crippen molar-refractivity contribution in [1.29, 1.82) is 0 Å². The topological polar surface area (TPSA) is 92.4 Å². The fourth-order valence-corrected chi connectivity index (χ4v) is 2.72. The molecule has 4 N–H and O–H groups in total. The Morgan fingerprint density at radius 3 is 2.68 bits per heavy atom. The molecule has 0 aliphatic carbocycles. The van der Waals surface area contributed by atoms with E-state index in [0.29, 0.717) is 19.2 Å². The molecule has 0 bridgehead atoms. The zero-order valence-corrected chi connectivity index (χ0v) is 12.7. The first-order valence-electron chi connectivity index (χ1n) is 7.46. The molecule has 1 aliphatic heterocycles. The molecular formula is C16H21BN2O3. The van der Waals surface area contributed by atoms with Crippen LogP contribution in [0.3, 0.4) is 0 Å². The molecule has 1 heterocycles. The van der Waals surface area contributed by atoms with Gasteiger partial charge in [-0.2, -0.15) is 0 Å². The van der Waals surface area contributed by atoms with E-state index in [9.17, 15) is 14.6 Å². The van der Waals surface area contributed by atoms with Crippen LogP contribution < -0.4 is 11.1 Å². The first-order chi connectivity index (χ1) is 10.5. The molecule has 0 radical (unpaired) electrons. The maximum absolute atomic E-state index is 12.2. The zero-order valence-electron chi connectivity index (χ0n) is 12.7. The van der Waals surface area contributed by atoms with E-state index in [1.807, 2.05) is 18.2 Å². The molecule has 0 aromatic heterocycles. The van der Waals surface area contributed by atoms with Crippen molar-refractivity contribution in [3.63, 3.8) is 0 Å². The Balaban J connectivity index is 1.94. The predicted molar refractivity (Wildman–Crippen MR) is 86.1 cm³/mol. The molecule has 1 aromatic rings. The summed E-state index contributed by atoms with van der Waals surface area (Å²) in [6, 6.07) is 8.38. The van der Waals surface area contributed by atoms with Crippen LogP contribution in [0.25, 0.3) is 0 Å². The highest BCUT2D eigenvalue weighted by atomic mass is 16.2. The predicted octanol–water partition coefficient (Wildman–Crippen LogP) is 1.00. The van der Waals surface area contributed by atoms with Crippen LogP contribution in [0.5, 0.6) is 0 Å². The SMILES string of the molecule is CC(=O)/C=C1/CCC(NC(=O)C(N)c2ccccc2)B(O)C1. The number of rotatable bonds is 4. The second kappa shape index (κ2) is 7.38. The number of nitrogens with two attached hydrogens (primary N) is 1. The van der Waals surface area contributed by atoms with Crippen molar-refractivity contribution in [2.45, 2.75) is 38.1 Å². The second-order valence-electron chi connectivity index (χ2n) is 5.73. The van der Waals surface area contributed by atoms with Gasteiger partial charge in [0.25, 0.3) is 0 Å². The largest absolute Gasteiger partial charge is 0.448 e. The van der Waals surface area contributed by atoms with E-state index in [-0.39, 0.29) is 17.6 Å². The van der Waals surface area contributed by atoms with Crippen molar-refractivity contribution in [3.8, 4) is 0 Å². The van der Waals surface area contributed by atoms with Gasteiger partial charge in [0.2, 0.25) is 5.91 Å². The van der Waals surface area contributed by atoms with Gasteiger partial charge in [-0.05, 0) is 37.7 Å². The third kappa shape index (κ3) is 4.29. The summed E-state index contributed by atoms with van der Waals surface area (Å²) in [5.41, 5.74) is 7.61. The normalized spacial score (nSPS) is 21.5. The van der Waals surface area contributed by atoms with Crippen molar-refractivity contribution in [3.05, 3.63) is 47.5 Å². The summed E-state index contributed by atoms with van der Waals surface area (Å²) in [7, 11) is 0. The average molecular weight is 300 g/mol. The van der Waals surface area contributed by atoms with Crippen LogP contribution in [0.2, 0.25) is 6.32 Å². The third-order valence-electron chi connectivity index (χ3n) is 3.89. The van der Waals surface area contributed by atoms with Gasteiger partial charge < -0.3 is 16.1 Å². The molecule has 2 rings (SSSR count). The van der Waals surface area contributed by atoms with E-state index in [2.05, 4.69) is 5.32 Å². The number of allylic oxidation sites excluding steroid dienone is 2. The molecule has 116 valence electrons. The highest BCUT2D eigenvalue weighted by Gasteiger charge is 2.32.